The zero-order chi connectivity index (χ0) is 12.0. The maximum absolute atomic E-state index is 10.2. The number of aliphatic hydroxyl groups is 1. The summed E-state index contributed by atoms with van der Waals surface area (Å²) in [6, 6.07) is 9.57. The molecule has 0 amide bonds. The van der Waals surface area contributed by atoms with Gasteiger partial charge in [0.05, 0.1) is 0 Å². The van der Waals surface area contributed by atoms with Gasteiger partial charge in [-0.2, -0.15) is 0 Å². The monoisotopic (exact) mass is 216 g/mol. The molecule has 1 aromatic carbocycles. The van der Waals surface area contributed by atoms with Crippen LogP contribution in [0.5, 0.6) is 0 Å². The van der Waals surface area contributed by atoms with Gasteiger partial charge in [-0.25, -0.2) is 0 Å². The van der Waals surface area contributed by atoms with Crippen molar-refractivity contribution in [3.63, 3.8) is 0 Å². The van der Waals surface area contributed by atoms with Gasteiger partial charge in [-0.15, -0.1) is 0 Å². The number of hydrogen-bond acceptors (Lipinski definition) is 1. The van der Waals surface area contributed by atoms with Crippen molar-refractivity contribution in [2.24, 2.45) is 5.92 Å². The van der Waals surface area contributed by atoms with Crippen LogP contribution in [-0.4, -0.2) is 5.11 Å². The molecule has 0 aliphatic heterocycles. The molecule has 0 aliphatic carbocycles. The molecule has 1 rings (SSSR count). The fraction of sp³-hybridized carbons (Fsp3) is 0.467. The molecule has 0 fully saturated rings. The van der Waals surface area contributed by atoms with E-state index < -0.39 is 5.60 Å². The van der Waals surface area contributed by atoms with Gasteiger partial charge in [-0.3, -0.25) is 0 Å². The van der Waals surface area contributed by atoms with Gasteiger partial charge in [0, 0.05) is 6.42 Å². The summed E-state index contributed by atoms with van der Waals surface area (Å²) in [5.41, 5.74) is -0.176. The topological polar surface area (TPSA) is 20.2 Å². The fourth-order valence-corrected chi connectivity index (χ4v) is 1.43. The van der Waals surface area contributed by atoms with Crippen molar-refractivity contribution in [1.29, 1.82) is 0 Å². The van der Waals surface area contributed by atoms with Gasteiger partial charge >= 0.3 is 0 Å². The Labute approximate surface area is 98.5 Å². The van der Waals surface area contributed by atoms with Crippen molar-refractivity contribution < 1.29 is 5.11 Å². The molecular formula is C15H20O. The van der Waals surface area contributed by atoms with E-state index in [1.807, 2.05) is 30.3 Å². The van der Waals surface area contributed by atoms with Gasteiger partial charge in [0.2, 0.25) is 0 Å². The molecule has 0 bridgehead atoms. The van der Waals surface area contributed by atoms with Crippen molar-refractivity contribution in [1.82, 2.24) is 0 Å². The van der Waals surface area contributed by atoms with Gasteiger partial charge in [-0.1, -0.05) is 56.0 Å². The highest BCUT2D eigenvalue weighted by Crippen LogP contribution is 2.18. The molecule has 0 aromatic heterocycles. The average Bonchev–Trinajstić information content (AvgIpc) is 2.26. The van der Waals surface area contributed by atoms with Crippen LogP contribution in [0.3, 0.4) is 0 Å². The Kier molecular flexibility index (Phi) is 4.58. The first-order valence-corrected chi connectivity index (χ1v) is 5.80. The predicted octanol–water partition coefficient (Wildman–Crippen LogP) is 3.33. The molecule has 0 saturated carbocycles. The molecule has 86 valence electrons. The molecular weight excluding hydrogens is 196 g/mol. The molecule has 1 N–H and O–H groups in total. The third-order valence-electron chi connectivity index (χ3n) is 2.51. The van der Waals surface area contributed by atoms with Gasteiger partial charge in [-0.05, 0) is 24.8 Å². The van der Waals surface area contributed by atoms with Crippen LogP contribution >= 0.6 is 0 Å². The second-order valence-corrected chi connectivity index (χ2v) is 4.67. The lowest BCUT2D eigenvalue weighted by molar-refractivity contribution is 0.122. The summed E-state index contributed by atoms with van der Waals surface area (Å²) in [5.74, 6) is 6.65. The summed E-state index contributed by atoms with van der Waals surface area (Å²) >= 11 is 0. The lowest BCUT2D eigenvalue weighted by Gasteiger charge is -2.16. The van der Waals surface area contributed by atoms with Crippen molar-refractivity contribution in [2.45, 2.75) is 39.2 Å². The highest BCUT2D eigenvalue weighted by atomic mass is 16.3. The minimum Gasteiger partial charge on any atom is -0.374 e. The van der Waals surface area contributed by atoms with E-state index in [1.54, 1.807) is 6.92 Å². The average molecular weight is 216 g/mol. The summed E-state index contributed by atoms with van der Waals surface area (Å²) < 4.78 is 0. The molecule has 16 heavy (non-hydrogen) atoms. The second kappa shape index (κ2) is 5.72. The Morgan fingerprint density at radius 2 is 1.88 bits per heavy atom. The molecule has 1 unspecified atom stereocenters. The molecule has 0 aliphatic rings. The van der Waals surface area contributed by atoms with Gasteiger partial charge in [0.25, 0.3) is 0 Å². The molecule has 0 saturated heterocycles. The number of rotatable bonds is 3. The van der Waals surface area contributed by atoms with E-state index in [4.69, 9.17) is 0 Å². The number of benzene rings is 1. The third-order valence-corrected chi connectivity index (χ3v) is 2.51. The predicted molar refractivity (Wildman–Crippen MR) is 67.9 cm³/mol. The van der Waals surface area contributed by atoms with E-state index >= 15 is 0 Å². The first kappa shape index (κ1) is 12.8. The zero-order valence-electron chi connectivity index (χ0n) is 10.3. The van der Waals surface area contributed by atoms with Crippen LogP contribution in [0, 0.1) is 17.8 Å². The summed E-state index contributed by atoms with van der Waals surface area (Å²) in [6.45, 7) is 6.10. The maximum atomic E-state index is 10.2. The van der Waals surface area contributed by atoms with Crippen LogP contribution in [0.1, 0.15) is 39.2 Å². The van der Waals surface area contributed by atoms with E-state index in [-0.39, 0.29) is 0 Å². The molecule has 0 heterocycles. The number of hydrogen-bond donors (Lipinski definition) is 1. The van der Waals surface area contributed by atoms with Crippen molar-refractivity contribution in [2.75, 3.05) is 0 Å². The zero-order valence-corrected chi connectivity index (χ0v) is 10.3. The summed E-state index contributed by atoms with van der Waals surface area (Å²) in [5, 5.41) is 10.2. The van der Waals surface area contributed by atoms with Crippen LogP contribution in [0.25, 0.3) is 0 Å². The molecule has 0 radical (unpaired) electrons. The second-order valence-electron chi connectivity index (χ2n) is 4.67. The molecule has 1 heteroatoms. The lowest BCUT2D eigenvalue weighted by atomic mass is 9.96. The Morgan fingerprint density at radius 1 is 1.25 bits per heavy atom. The summed E-state index contributed by atoms with van der Waals surface area (Å²) in [7, 11) is 0. The molecule has 1 nitrogen and oxygen atoms in total. The summed E-state index contributed by atoms with van der Waals surface area (Å²) in [6.07, 6.45) is 1.93. The van der Waals surface area contributed by atoms with Crippen molar-refractivity contribution in [3.8, 4) is 11.8 Å². The Bertz CT molecular complexity index is 365. The highest BCUT2D eigenvalue weighted by Gasteiger charge is 2.18. The van der Waals surface area contributed by atoms with Gasteiger partial charge in [0.1, 0.15) is 5.60 Å². The van der Waals surface area contributed by atoms with Gasteiger partial charge < -0.3 is 5.11 Å². The molecule has 0 spiro atoms. The van der Waals surface area contributed by atoms with Crippen LogP contribution in [0.15, 0.2) is 30.3 Å². The normalized spacial score (nSPS) is 14.1. The standard InChI is InChI=1S/C15H20O/c1-13(2)9-7-8-12-15(3,16)14-10-5-4-6-11-14/h4-6,10-11,13,16H,7,9H2,1-3H3. The maximum Gasteiger partial charge on any atom is 0.148 e. The Hall–Kier alpha value is -1.26. The highest BCUT2D eigenvalue weighted by molar-refractivity contribution is 5.30. The lowest BCUT2D eigenvalue weighted by Crippen LogP contribution is -2.18. The summed E-state index contributed by atoms with van der Waals surface area (Å²) in [4.78, 5) is 0. The van der Waals surface area contributed by atoms with Crippen LogP contribution < -0.4 is 0 Å². The van der Waals surface area contributed by atoms with E-state index in [9.17, 15) is 5.11 Å². The quantitative estimate of drug-likeness (QED) is 0.768. The third kappa shape index (κ3) is 4.08. The SMILES string of the molecule is CC(C)CCC#CC(C)(O)c1ccccc1. The van der Waals surface area contributed by atoms with E-state index in [0.29, 0.717) is 5.92 Å². The van der Waals surface area contributed by atoms with Crippen LogP contribution in [0.4, 0.5) is 0 Å². The largest absolute Gasteiger partial charge is 0.374 e. The van der Waals surface area contributed by atoms with Crippen molar-refractivity contribution >= 4 is 0 Å². The Morgan fingerprint density at radius 3 is 2.44 bits per heavy atom. The first-order chi connectivity index (χ1) is 7.52. The fourth-order valence-electron chi connectivity index (χ4n) is 1.43. The van der Waals surface area contributed by atoms with Crippen molar-refractivity contribution in [3.05, 3.63) is 35.9 Å². The van der Waals surface area contributed by atoms with Crippen LogP contribution in [0.2, 0.25) is 0 Å². The van der Waals surface area contributed by atoms with E-state index in [0.717, 1.165) is 18.4 Å². The van der Waals surface area contributed by atoms with Crippen LogP contribution in [-0.2, 0) is 5.60 Å². The molecule has 1 atom stereocenters. The minimum atomic E-state index is -1.03. The minimum absolute atomic E-state index is 0.663. The molecule has 1 aromatic rings. The van der Waals surface area contributed by atoms with Gasteiger partial charge in [0.15, 0.2) is 0 Å². The smallest absolute Gasteiger partial charge is 0.148 e. The van der Waals surface area contributed by atoms with E-state index in [2.05, 4.69) is 25.7 Å². The van der Waals surface area contributed by atoms with E-state index in [1.165, 1.54) is 0 Å². The first-order valence-electron chi connectivity index (χ1n) is 5.80. The Balaban J connectivity index is 2.65.